The molecule has 29 heavy (non-hydrogen) atoms. The predicted octanol–water partition coefficient (Wildman–Crippen LogP) is 4.12. The Balaban J connectivity index is 1.66. The molecule has 0 fully saturated rings. The molecule has 0 unspecified atom stereocenters. The van der Waals surface area contributed by atoms with E-state index in [2.05, 4.69) is 16.0 Å². The first-order valence-corrected chi connectivity index (χ1v) is 9.88. The highest BCUT2D eigenvalue weighted by molar-refractivity contribution is 6.32. The maximum Gasteiger partial charge on any atom is 0.254 e. The molecule has 3 N–H and O–H groups in total. The average Bonchev–Trinajstić information content (AvgIpc) is 3.31. The van der Waals surface area contributed by atoms with Gasteiger partial charge in [0.1, 0.15) is 17.1 Å². The van der Waals surface area contributed by atoms with Gasteiger partial charge in [-0.25, -0.2) is 0 Å². The molecule has 0 radical (unpaired) electrons. The lowest BCUT2D eigenvalue weighted by Crippen LogP contribution is -2.37. The van der Waals surface area contributed by atoms with E-state index in [0.717, 1.165) is 6.42 Å². The van der Waals surface area contributed by atoms with E-state index in [-0.39, 0.29) is 28.5 Å². The number of fused-ring (bicyclic) bond motifs is 1. The van der Waals surface area contributed by atoms with Gasteiger partial charge in [0.15, 0.2) is 5.22 Å². The monoisotopic (exact) mass is 433 g/mol. The van der Waals surface area contributed by atoms with Crippen molar-refractivity contribution in [3.8, 4) is 0 Å². The summed E-state index contributed by atoms with van der Waals surface area (Å²) in [5.41, 5.74) is 0.440. The van der Waals surface area contributed by atoms with Gasteiger partial charge in [-0.05, 0) is 42.3 Å². The molecule has 7 nitrogen and oxygen atoms in total. The SMILES string of the molecule is CCC[C@@H](Nc1c(Nc2ccc(Cl)c3c2C(=O)NC3)c(=O)c1=O)c1ccc(Cl)o1. The van der Waals surface area contributed by atoms with Crippen LogP contribution >= 0.6 is 23.2 Å². The molecule has 2 heterocycles. The number of hydrogen-bond acceptors (Lipinski definition) is 6. The van der Waals surface area contributed by atoms with Crippen LogP contribution in [0, 0.1) is 0 Å². The van der Waals surface area contributed by atoms with Gasteiger partial charge in [-0.3, -0.25) is 14.4 Å². The van der Waals surface area contributed by atoms with Crippen molar-refractivity contribution in [3.05, 3.63) is 71.8 Å². The van der Waals surface area contributed by atoms with Crippen LogP contribution in [0.4, 0.5) is 17.1 Å². The molecule has 2 aromatic carbocycles. The fourth-order valence-electron chi connectivity index (χ4n) is 3.46. The highest BCUT2D eigenvalue weighted by atomic mass is 35.5. The summed E-state index contributed by atoms with van der Waals surface area (Å²) in [4.78, 5) is 36.6. The number of hydrogen-bond donors (Lipinski definition) is 3. The summed E-state index contributed by atoms with van der Waals surface area (Å²) in [5.74, 6) is 0.287. The quantitative estimate of drug-likeness (QED) is 0.484. The first kappa shape index (κ1) is 19.5. The molecule has 1 aliphatic rings. The largest absolute Gasteiger partial charge is 0.448 e. The number of carbonyl (C=O) groups excluding carboxylic acids is 1. The Hall–Kier alpha value is -2.77. The highest BCUT2D eigenvalue weighted by Crippen LogP contribution is 2.34. The fourth-order valence-corrected chi connectivity index (χ4v) is 3.84. The molecule has 1 atom stereocenters. The zero-order valence-electron chi connectivity index (χ0n) is 15.4. The fraction of sp³-hybridized carbons (Fsp3) is 0.250. The molecule has 1 aliphatic heterocycles. The Kier molecular flexibility index (Phi) is 5.10. The van der Waals surface area contributed by atoms with E-state index in [0.29, 0.717) is 40.6 Å². The topological polar surface area (TPSA) is 100 Å². The van der Waals surface area contributed by atoms with Crippen molar-refractivity contribution in [2.75, 3.05) is 10.6 Å². The number of nitrogens with one attached hydrogen (secondary N) is 3. The van der Waals surface area contributed by atoms with Gasteiger partial charge in [-0.15, -0.1) is 0 Å². The summed E-state index contributed by atoms with van der Waals surface area (Å²) in [6, 6.07) is 6.29. The number of benzene rings is 1. The minimum Gasteiger partial charge on any atom is -0.448 e. The van der Waals surface area contributed by atoms with Gasteiger partial charge in [-0.2, -0.15) is 0 Å². The molecule has 3 aromatic rings. The van der Waals surface area contributed by atoms with Gasteiger partial charge in [0, 0.05) is 17.1 Å². The first-order chi connectivity index (χ1) is 13.9. The summed E-state index contributed by atoms with van der Waals surface area (Å²) in [6.07, 6.45) is 1.49. The second-order valence-electron chi connectivity index (χ2n) is 6.79. The third-order valence-corrected chi connectivity index (χ3v) is 5.47. The van der Waals surface area contributed by atoms with Crippen LogP contribution in [0.2, 0.25) is 10.2 Å². The molecule has 1 amide bonds. The third-order valence-electron chi connectivity index (χ3n) is 4.91. The van der Waals surface area contributed by atoms with E-state index < -0.39 is 10.9 Å². The van der Waals surface area contributed by atoms with E-state index >= 15 is 0 Å². The second-order valence-corrected chi connectivity index (χ2v) is 7.57. The van der Waals surface area contributed by atoms with Crippen molar-refractivity contribution in [3.63, 3.8) is 0 Å². The second kappa shape index (κ2) is 7.57. The van der Waals surface area contributed by atoms with Crippen molar-refractivity contribution >= 4 is 46.2 Å². The molecular formula is C20H17Cl2N3O4. The number of anilines is 3. The Labute approximate surface area is 175 Å². The van der Waals surface area contributed by atoms with Crippen LogP contribution in [0.25, 0.3) is 0 Å². The number of furan rings is 1. The van der Waals surface area contributed by atoms with Gasteiger partial charge in [-0.1, -0.05) is 24.9 Å². The lowest BCUT2D eigenvalue weighted by molar-refractivity contribution is 0.0966. The molecule has 0 spiro atoms. The molecule has 9 heteroatoms. The highest BCUT2D eigenvalue weighted by Gasteiger charge is 2.29. The van der Waals surface area contributed by atoms with Crippen LogP contribution in [0.1, 0.15) is 47.5 Å². The molecule has 1 aromatic heterocycles. The maximum absolute atomic E-state index is 12.2. The molecule has 0 saturated heterocycles. The lowest BCUT2D eigenvalue weighted by Gasteiger charge is -2.21. The minimum absolute atomic E-state index is 0.109. The lowest BCUT2D eigenvalue weighted by atomic mass is 10.0. The van der Waals surface area contributed by atoms with Gasteiger partial charge in [0.2, 0.25) is 0 Å². The summed E-state index contributed by atoms with van der Waals surface area (Å²) < 4.78 is 5.47. The van der Waals surface area contributed by atoms with E-state index in [1.54, 1.807) is 24.3 Å². The third kappa shape index (κ3) is 3.41. The van der Waals surface area contributed by atoms with Crippen LogP contribution in [-0.2, 0) is 6.54 Å². The first-order valence-electron chi connectivity index (χ1n) is 9.12. The van der Waals surface area contributed by atoms with Crippen LogP contribution in [-0.4, -0.2) is 5.91 Å². The molecular weight excluding hydrogens is 417 g/mol. The van der Waals surface area contributed by atoms with Crippen LogP contribution in [0.3, 0.4) is 0 Å². The molecule has 0 aliphatic carbocycles. The van der Waals surface area contributed by atoms with Crippen molar-refractivity contribution < 1.29 is 9.21 Å². The van der Waals surface area contributed by atoms with Crippen molar-refractivity contribution in [2.45, 2.75) is 32.4 Å². The van der Waals surface area contributed by atoms with E-state index in [1.165, 1.54) is 0 Å². The Morgan fingerprint density at radius 3 is 2.55 bits per heavy atom. The summed E-state index contributed by atoms with van der Waals surface area (Å²) >= 11 is 12.0. The van der Waals surface area contributed by atoms with Crippen LogP contribution in [0.5, 0.6) is 0 Å². The summed E-state index contributed by atoms with van der Waals surface area (Å²) in [5, 5.41) is 9.45. The number of rotatable bonds is 7. The standard InChI is InChI=1S/C20H17Cl2N3O4/c1-2-3-11(13-6-7-14(22)29-13)24-16-17(19(27)18(16)26)25-12-5-4-10(21)9-8-23-20(28)15(9)12/h4-7,11,24-25H,2-3,8H2,1H3,(H,23,28)/t11-/m1/s1. The van der Waals surface area contributed by atoms with Gasteiger partial charge < -0.3 is 20.4 Å². The predicted molar refractivity (Wildman–Crippen MR) is 112 cm³/mol. The molecule has 4 rings (SSSR count). The molecule has 0 saturated carbocycles. The van der Waals surface area contributed by atoms with Crippen LogP contribution < -0.4 is 26.8 Å². The van der Waals surface area contributed by atoms with Gasteiger partial charge >= 0.3 is 0 Å². The Morgan fingerprint density at radius 2 is 1.86 bits per heavy atom. The van der Waals surface area contributed by atoms with Gasteiger partial charge in [0.25, 0.3) is 16.8 Å². The van der Waals surface area contributed by atoms with E-state index in [4.69, 9.17) is 27.6 Å². The van der Waals surface area contributed by atoms with Crippen molar-refractivity contribution in [1.29, 1.82) is 0 Å². The minimum atomic E-state index is -0.651. The zero-order valence-corrected chi connectivity index (χ0v) is 16.9. The van der Waals surface area contributed by atoms with E-state index in [9.17, 15) is 14.4 Å². The van der Waals surface area contributed by atoms with Crippen molar-refractivity contribution in [1.82, 2.24) is 5.32 Å². The maximum atomic E-state index is 12.2. The summed E-state index contributed by atoms with van der Waals surface area (Å²) in [6.45, 7) is 2.31. The van der Waals surface area contributed by atoms with Gasteiger partial charge in [0.05, 0.1) is 17.3 Å². The molecule has 150 valence electrons. The average molecular weight is 434 g/mol. The number of carbonyl (C=O) groups is 1. The zero-order chi connectivity index (χ0) is 20.7. The van der Waals surface area contributed by atoms with Crippen molar-refractivity contribution in [2.24, 2.45) is 0 Å². The van der Waals surface area contributed by atoms with E-state index in [1.807, 2.05) is 6.92 Å². The Bertz CT molecular complexity index is 1180. The molecule has 0 bridgehead atoms. The smallest absolute Gasteiger partial charge is 0.254 e. The van der Waals surface area contributed by atoms with Crippen LogP contribution in [0.15, 0.2) is 38.3 Å². The number of amides is 1. The summed E-state index contributed by atoms with van der Waals surface area (Å²) in [7, 11) is 0. The Morgan fingerprint density at radius 1 is 1.10 bits per heavy atom. The number of halogens is 2. The normalized spacial score (nSPS) is 14.0.